The van der Waals surface area contributed by atoms with Gasteiger partial charge in [-0.15, -0.1) is 0 Å². The first-order chi connectivity index (χ1) is 19.0. The first-order valence-corrected chi connectivity index (χ1v) is 12.6. The maximum atomic E-state index is 14.2. The first kappa shape index (κ1) is 25.6. The lowest BCUT2D eigenvalue weighted by Crippen LogP contribution is -2.33. The van der Waals surface area contributed by atoms with Crippen molar-refractivity contribution in [3.8, 4) is 0 Å². The van der Waals surface area contributed by atoms with Gasteiger partial charge < -0.3 is 9.47 Å². The highest BCUT2D eigenvalue weighted by atomic mass is 16.5. The zero-order valence-corrected chi connectivity index (χ0v) is 21.4. The number of ketones is 2. The number of rotatable bonds is 8. The topological polar surface area (TPSA) is 69.7 Å². The quantitative estimate of drug-likeness (QED) is 0.190. The molecule has 39 heavy (non-hydrogen) atoms. The molecule has 4 aromatic rings. The average Bonchev–Trinajstić information content (AvgIpc) is 3.00. The smallest absolute Gasteiger partial charge is 0.338 e. The van der Waals surface area contributed by atoms with Gasteiger partial charge in [0, 0.05) is 16.7 Å². The third kappa shape index (κ3) is 5.48. The number of esters is 1. The van der Waals surface area contributed by atoms with Crippen molar-refractivity contribution in [3.63, 3.8) is 0 Å². The van der Waals surface area contributed by atoms with Gasteiger partial charge in [0.2, 0.25) is 0 Å². The maximum absolute atomic E-state index is 14.2. The molecule has 1 aliphatic heterocycles. The molecule has 0 N–H and O–H groups in total. The lowest BCUT2D eigenvalue weighted by Gasteiger charge is -2.30. The van der Waals surface area contributed by atoms with Crippen LogP contribution in [0.25, 0.3) is 5.76 Å². The van der Waals surface area contributed by atoms with Gasteiger partial charge >= 0.3 is 5.97 Å². The van der Waals surface area contributed by atoms with E-state index in [0.29, 0.717) is 16.7 Å². The van der Waals surface area contributed by atoms with Crippen molar-refractivity contribution in [2.75, 3.05) is 0 Å². The van der Waals surface area contributed by atoms with Gasteiger partial charge in [-0.05, 0) is 12.5 Å². The summed E-state index contributed by atoms with van der Waals surface area (Å²) in [7, 11) is 0. The van der Waals surface area contributed by atoms with Gasteiger partial charge in [-0.2, -0.15) is 0 Å². The van der Waals surface area contributed by atoms with E-state index in [1.807, 2.05) is 66.7 Å². The van der Waals surface area contributed by atoms with E-state index in [2.05, 4.69) is 0 Å². The minimum Gasteiger partial charge on any atom is -0.460 e. The maximum Gasteiger partial charge on any atom is 0.338 e. The van der Waals surface area contributed by atoms with Gasteiger partial charge in [-0.25, -0.2) is 4.79 Å². The lowest BCUT2D eigenvalue weighted by atomic mass is 9.77. The second-order valence-corrected chi connectivity index (χ2v) is 9.10. The number of ether oxygens (including phenoxy) is 2. The normalized spacial score (nSPS) is 14.9. The molecule has 0 bridgehead atoms. The summed E-state index contributed by atoms with van der Waals surface area (Å²) in [6, 6.07) is 35.7. The molecule has 5 heteroatoms. The lowest BCUT2D eigenvalue weighted by molar-refractivity contribution is -0.141. The highest BCUT2D eigenvalue weighted by Gasteiger charge is 2.43. The van der Waals surface area contributed by atoms with Crippen LogP contribution in [0.4, 0.5) is 0 Å². The van der Waals surface area contributed by atoms with Gasteiger partial charge in [0.05, 0.1) is 17.1 Å². The molecule has 5 nitrogen and oxygen atoms in total. The van der Waals surface area contributed by atoms with E-state index in [4.69, 9.17) is 9.47 Å². The van der Waals surface area contributed by atoms with Crippen molar-refractivity contribution in [2.45, 2.75) is 13.5 Å². The number of hydrogen-bond donors (Lipinski definition) is 0. The molecule has 1 aliphatic rings. The summed E-state index contributed by atoms with van der Waals surface area (Å²) in [5.41, 5.74) is 2.28. The van der Waals surface area contributed by atoms with E-state index in [1.165, 1.54) is 0 Å². The van der Waals surface area contributed by atoms with Crippen LogP contribution in [0.1, 0.15) is 38.8 Å². The van der Waals surface area contributed by atoms with Gasteiger partial charge in [-0.1, -0.05) is 121 Å². The predicted octanol–water partition coefficient (Wildman–Crippen LogP) is 6.83. The van der Waals surface area contributed by atoms with Crippen LogP contribution in [0.5, 0.6) is 0 Å². The Balaban J connectivity index is 1.66. The summed E-state index contributed by atoms with van der Waals surface area (Å²) in [6.45, 7) is 1.64. The molecule has 0 saturated carbocycles. The van der Waals surface area contributed by atoms with Crippen LogP contribution in [0.2, 0.25) is 0 Å². The van der Waals surface area contributed by atoms with Crippen LogP contribution >= 0.6 is 0 Å². The van der Waals surface area contributed by atoms with Gasteiger partial charge in [0.25, 0.3) is 0 Å². The van der Waals surface area contributed by atoms with Crippen LogP contribution in [0.15, 0.2) is 138 Å². The van der Waals surface area contributed by atoms with Crippen LogP contribution in [-0.4, -0.2) is 17.5 Å². The van der Waals surface area contributed by atoms with Crippen LogP contribution < -0.4 is 0 Å². The minimum absolute atomic E-state index is 0.0127. The highest BCUT2D eigenvalue weighted by molar-refractivity contribution is 6.21. The first-order valence-electron chi connectivity index (χ1n) is 12.6. The van der Waals surface area contributed by atoms with Crippen LogP contribution in [0, 0.1) is 5.92 Å². The van der Waals surface area contributed by atoms with Gasteiger partial charge in [0.1, 0.15) is 18.1 Å². The Morgan fingerprint density at radius 1 is 0.667 bits per heavy atom. The Hall–Kier alpha value is -5.03. The van der Waals surface area contributed by atoms with Crippen molar-refractivity contribution in [1.29, 1.82) is 0 Å². The van der Waals surface area contributed by atoms with Crippen LogP contribution in [-0.2, 0) is 20.9 Å². The molecule has 1 heterocycles. The van der Waals surface area contributed by atoms with Crippen molar-refractivity contribution in [1.82, 2.24) is 0 Å². The zero-order chi connectivity index (χ0) is 27.2. The highest BCUT2D eigenvalue weighted by Crippen LogP contribution is 2.41. The number of carbonyl (C=O) groups excluding carboxylic acids is 3. The molecule has 0 unspecified atom stereocenters. The average molecular weight is 515 g/mol. The second-order valence-electron chi connectivity index (χ2n) is 9.10. The van der Waals surface area contributed by atoms with Crippen molar-refractivity contribution in [3.05, 3.63) is 160 Å². The number of carbonyl (C=O) groups is 3. The molecule has 0 aromatic heterocycles. The summed E-state index contributed by atoms with van der Waals surface area (Å²) in [6.07, 6.45) is 0. The van der Waals surface area contributed by atoms with Crippen molar-refractivity contribution in [2.24, 2.45) is 5.92 Å². The summed E-state index contributed by atoms with van der Waals surface area (Å²) >= 11 is 0. The third-order valence-electron chi connectivity index (χ3n) is 6.53. The molecule has 4 aromatic carbocycles. The summed E-state index contributed by atoms with van der Waals surface area (Å²) < 4.78 is 11.9. The second kappa shape index (κ2) is 11.6. The molecule has 0 spiro atoms. The van der Waals surface area contributed by atoms with Crippen molar-refractivity contribution >= 4 is 23.3 Å². The third-order valence-corrected chi connectivity index (χ3v) is 6.53. The van der Waals surface area contributed by atoms with E-state index in [1.54, 1.807) is 61.5 Å². The van der Waals surface area contributed by atoms with Gasteiger partial charge in [0.15, 0.2) is 11.6 Å². The Labute approximate surface area is 227 Å². The Morgan fingerprint density at radius 3 is 1.77 bits per heavy atom. The fraction of sp³-hybridized carbons (Fsp3) is 0.0882. The van der Waals surface area contributed by atoms with E-state index < -0.39 is 23.5 Å². The zero-order valence-electron chi connectivity index (χ0n) is 21.4. The molecule has 0 fully saturated rings. The van der Waals surface area contributed by atoms with E-state index in [0.717, 1.165) is 5.56 Å². The molecule has 0 aliphatic carbocycles. The number of hydrogen-bond acceptors (Lipinski definition) is 5. The fourth-order valence-corrected chi connectivity index (χ4v) is 4.62. The van der Waals surface area contributed by atoms with Crippen molar-refractivity contribution < 1.29 is 23.9 Å². The Morgan fingerprint density at radius 2 is 1.18 bits per heavy atom. The SMILES string of the molecule is CC1=C(C(=O)OCc2ccccc2)[C@H](C(=O)c2ccccc2)C(C(=O)c2ccccc2)=C(c2ccccc2)O1. The van der Waals surface area contributed by atoms with E-state index in [9.17, 15) is 14.4 Å². The largest absolute Gasteiger partial charge is 0.460 e. The monoisotopic (exact) mass is 514 g/mol. The number of benzene rings is 4. The van der Waals surface area contributed by atoms with Gasteiger partial charge in [-0.3, -0.25) is 9.59 Å². The minimum atomic E-state index is -1.23. The molecular weight excluding hydrogens is 488 g/mol. The van der Waals surface area contributed by atoms with E-state index >= 15 is 0 Å². The molecule has 0 saturated heterocycles. The molecule has 192 valence electrons. The number of Topliss-reactive ketones (excluding diaryl/α,β-unsaturated/α-hetero) is 2. The molecule has 1 atom stereocenters. The predicted molar refractivity (Wildman–Crippen MR) is 148 cm³/mol. The molecule has 0 amide bonds. The van der Waals surface area contributed by atoms with Crippen LogP contribution in [0.3, 0.4) is 0 Å². The fourth-order valence-electron chi connectivity index (χ4n) is 4.62. The standard InChI is InChI=1S/C34H26O5/c1-23-28(34(37)38-22-24-14-6-2-7-15-24)29(31(35)25-16-8-3-9-17-25)30(32(36)26-18-10-4-11-19-26)33(39-23)27-20-12-5-13-21-27/h2-21,29H,22H2,1H3/t29-/m0/s1. The Kier molecular flexibility index (Phi) is 7.60. The molecule has 5 rings (SSSR count). The Bertz CT molecular complexity index is 1550. The summed E-state index contributed by atoms with van der Waals surface area (Å²) in [5, 5.41) is 0. The molecule has 0 radical (unpaired) electrons. The number of allylic oxidation sites excluding steroid dienone is 2. The summed E-state index contributed by atoms with van der Waals surface area (Å²) in [5.74, 6) is -2.27. The summed E-state index contributed by atoms with van der Waals surface area (Å²) in [4.78, 5) is 41.9. The van der Waals surface area contributed by atoms with E-state index in [-0.39, 0.29) is 29.3 Å². The molecular formula is C34H26O5.